The molecule has 0 spiro atoms. The second-order valence-corrected chi connectivity index (χ2v) is 3.15. The van der Waals surface area contributed by atoms with Gasteiger partial charge >= 0.3 is 0 Å². The van der Waals surface area contributed by atoms with E-state index < -0.39 is 0 Å². The Hall–Kier alpha value is -2.23. The van der Waals surface area contributed by atoms with E-state index in [-0.39, 0.29) is 0 Å². The molecule has 0 unspecified atom stereocenters. The molecule has 80 valence electrons. The predicted molar refractivity (Wildman–Crippen MR) is 59.4 cm³/mol. The first kappa shape index (κ1) is 10.3. The number of hydrogen-bond acceptors (Lipinski definition) is 4. The van der Waals surface area contributed by atoms with Crippen molar-refractivity contribution in [2.45, 2.75) is 0 Å². The zero-order valence-electron chi connectivity index (χ0n) is 8.75. The van der Waals surface area contributed by atoms with Crippen molar-refractivity contribution in [3.63, 3.8) is 0 Å². The fourth-order valence-electron chi connectivity index (χ4n) is 1.32. The number of benzene rings is 1. The molecule has 0 aliphatic heterocycles. The van der Waals surface area contributed by atoms with Crippen molar-refractivity contribution >= 4 is 6.29 Å². The number of nitrogens with zero attached hydrogens (tertiary/aromatic N) is 2. The normalized spacial score (nSPS) is 9.81. The van der Waals surface area contributed by atoms with E-state index in [0.29, 0.717) is 17.8 Å². The highest BCUT2D eigenvalue weighted by atomic mass is 16.5. The Balaban J connectivity index is 2.38. The van der Waals surface area contributed by atoms with E-state index >= 15 is 0 Å². The van der Waals surface area contributed by atoms with Gasteiger partial charge in [-0.1, -0.05) is 0 Å². The van der Waals surface area contributed by atoms with Crippen LogP contribution in [0.2, 0.25) is 0 Å². The van der Waals surface area contributed by atoms with Crippen LogP contribution in [0.25, 0.3) is 11.4 Å². The molecule has 2 rings (SSSR count). The van der Waals surface area contributed by atoms with Gasteiger partial charge in [0.2, 0.25) is 0 Å². The molecule has 0 N–H and O–H groups in total. The lowest BCUT2D eigenvalue weighted by Crippen LogP contribution is -1.93. The second kappa shape index (κ2) is 4.53. The third kappa shape index (κ3) is 2.06. The van der Waals surface area contributed by atoms with Crippen LogP contribution in [0.1, 0.15) is 10.5 Å². The van der Waals surface area contributed by atoms with Gasteiger partial charge in [0.05, 0.1) is 7.11 Å². The Bertz CT molecular complexity index is 495. The molecular formula is C12H10N2O2. The fourth-order valence-corrected chi connectivity index (χ4v) is 1.32. The molecule has 4 heteroatoms. The van der Waals surface area contributed by atoms with Crippen LogP contribution in [0.15, 0.2) is 36.5 Å². The van der Waals surface area contributed by atoms with Gasteiger partial charge in [-0.15, -0.1) is 0 Å². The van der Waals surface area contributed by atoms with Gasteiger partial charge in [0.15, 0.2) is 12.1 Å². The lowest BCUT2D eigenvalue weighted by molar-refractivity contribution is 0.111. The average molecular weight is 214 g/mol. The Morgan fingerprint density at radius 3 is 2.56 bits per heavy atom. The number of rotatable bonds is 3. The number of carbonyl (C=O) groups excluding carboxylic acids is 1. The van der Waals surface area contributed by atoms with Gasteiger partial charge in [-0.3, -0.25) is 4.79 Å². The van der Waals surface area contributed by atoms with Crippen LogP contribution in [0.3, 0.4) is 0 Å². The van der Waals surface area contributed by atoms with Crippen molar-refractivity contribution in [1.29, 1.82) is 0 Å². The highest BCUT2D eigenvalue weighted by molar-refractivity contribution is 5.72. The minimum Gasteiger partial charge on any atom is -0.497 e. The lowest BCUT2D eigenvalue weighted by atomic mass is 10.2. The van der Waals surface area contributed by atoms with E-state index in [1.807, 2.05) is 24.3 Å². The standard InChI is InChI=1S/C12H10N2O2/c1-16-11-4-2-9(3-5-11)12-13-7-6-10(8-15)14-12/h2-8H,1H3. The average Bonchev–Trinajstić information content (AvgIpc) is 2.39. The topological polar surface area (TPSA) is 52.1 Å². The highest BCUT2D eigenvalue weighted by Crippen LogP contribution is 2.18. The van der Waals surface area contributed by atoms with E-state index in [4.69, 9.17) is 4.74 Å². The van der Waals surface area contributed by atoms with Gasteiger partial charge in [-0.2, -0.15) is 0 Å². The zero-order valence-corrected chi connectivity index (χ0v) is 8.75. The Kier molecular flexibility index (Phi) is 2.91. The summed E-state index contributed by atoms with van der Waals surface area (Å²) in [7, 11) is 1.61. The van der Waals surface area contributed by atoms with Gasteiger partial charge in [0, 0.05) is 11.8 Å². The summed E-state index contributed by atoms with van der Waals surface area (Å²) in [6.07, 6.45) is 2.27. The van der Waals surface area contributed by atoms with Crippen molar-refractivity contribution in [3.05, 3.63) is 42.2 Å². The third-order valence-corrected chi connectivity index (χ3v) is 2.15. The number of methoxy groups -OCH3 is 1. The molecular weight excluding hydrogens is 204 g/mol. The monoisotopic (exact) mass is 214 g/mol. The smallest absolute Gasteiger partial charge is 0.168 e. The van der Waals surface area contributed by atoms with Crippen LogP contribution >= 0.6 is 0 Å². The summed E-state index contributed by atoms with van der Waals surface area (Å²) in [5.74, 6) is 1.31. The molecule has 1 aromatic heterocycles. The molecule has 4 nitrogen and oxygen atoms in total. The highest BCUT2D eigenvalue weighted by Gasteiger charge is 2.02. The number of ether oxygens (including phenoxy) is 1. The van der Waals surface area contributed by atoms with E-state index in [9.17, 15) is 4.79 Å². The third-order valence-electron chi connectivity index (χ3n) is 2.15. The van der Waals surface area contributed by atoms with Crippen molar-refractivity contribution < 1.29 is 9.53 Å². The van der Waals surface area contributed by atoms with Gasteiger partial charge in [-0.05, 0) is 30.3 Å². The van der Waals surface area contributed by atoms with Crippen molar-refractivity contribution in [2.75, 3.05) is 7.11 Å². The molecule has 0 bridgehead atoms. The SMILES string of the molecule is COc1ccc(-c2nccc(C=O)n2)cc1. The molecule has 0 saturated carbocycles. The summed E-state index contributed by atoms with van der Waals surface area (Å²) >= 11 is 0. The van der Waals surface area contributed by atoms with Gasteiger partial charge in [0.25, 0.3) is 0 Å². The molecule has 0 saturated heterocycles. The molecule has 0 fully saturated rings. The van der Waals surface area contributed by atoms with Crippen molar-refractivity contribution in [2.24, 2.45) is 0 Å². The van der Waals surface area contributed by atoms with Crippen molar-refractivity contribution in [1.82, 2.24) is 9.97 Å². The van der Waals surface area contributed by atoms with Crippen LogP contribution < -0.4 is 4.74 Å². The summed E-state index contributed by atoms with van der Waals surface area (Å²) in [6.45, 7) is 0. The lowest BCUT2D eigenvalue weighted by Gasteiger charge is -2.02. The first-order valence-corrected chi connectivity index (χ1v) is 4.76. The first-order valence-electron chi connectivity index (χ1n) is 4.76. The second-order valence-electron chi connectivity index (χ2n) is 3.15. The molecule has 1 heterocycles. The van der Waals surface area contributed by atoms with Crippen LogP contribution in [0.4, 0.5) is 0 Å². The van der Waals surface area contributed by atoms with Gasteiger partial charge in [-0.25, -0.2) is 9.97 Å². The van der Waals surface area contributed by atoms with Crippen LogP contribution in [-0.2, 0) is 0 Å². The largest absolute Gasteiger partial charge is 0.497 e. The number of hydrogen-bond donors (Lipinski definition) is 0. The maximum absolute atomic E-state index is 10.6. The molecule has 0 amide bonds. The number of carbonyl (C=O) groups is 1. The summed E-state index contributed by atoms with van der Waals surface area (Å²) in [5, 5.41) is 0. The Labute approximate surface area is 92.9 Å². The molecule has 0 aliphatic carbocycles. The summed E-state index contributed by atoms with van der Waals surface area (Å²) in [6, 6.07) is 8.92. The minimum absolute atomic E-state index is 0.376. The summed E-state index contributed by atoms with van der Waals surface area (Å²) < 4.78 is 5.05. The van der Waals surface area contributed by atoms with E-state index in [2.05, 4.69) is 9.97 Å². The molecule has 0 atom stereocenters. The van der Waals surface area contributed by atoms with E-state index in [0.717, 1.165) is 11.3 Å². The fraction of sp³-hybridized carbons (Fsp3) is 0.0833. The quantitative estimate of drug-likeness (QED) is 0.733. The molecule has 2 aromatic rings. The summed E-state index contributed by atoms with van der Waals surface area (Å²) in [5.41, 5.74) is 1.23. The van der Waals surface area contributed by atoms with Crippen LogP contribution in [0.5, 0.6) is 5.75 Å². The minimum atomic E-state index is 0.376. The Morgan fingerprint density at radius 2 is 1.94 bits per heavy atom. The Morgan fingerprint density at radius 1 is 1.19 bits per heavy atom. The van der Waals surface area contributed by atoms with E-state index in [1.54, 1.807) is 19.4 Å². The molecule has 16 heavy (non-hydrogen) atoms. The van der Waals surface area contributed by atoms with Gasteiger partial charge < -0.3 is 4.74 Å². The molecule has 0 aliphatic rings. The van der Waals surface area contributed by atoms with Crippen LogP contribution in [0, 0.1) is 0 Å². The first-order chi connectivity index (χ1) is 7.83. The number of aldehydes is 1. The summed E-state index contributed by atoms with van der Waals surface area (Å²) in [4.78, 5) is 18.8. The van der Waals surface area contributed by atoms with Crippen LogP contribution in [-0.4, -0.2) is 23.4 Å². The van der Waals surface area contributed by atoms with Gasteiger partial charge in [0.1, 0.15) is 11.4 Å². The molecule has 0 radical (unpaired) electrons. The maximum atomic E-state index is 10.6. The number of aromatic nitrogens is 2. The van der Waals surface area contributed by atoms with E-state index in [1.165, 1.54) is 0 Å². The zero-order chi connectivity index (χ0) is 11.4. The van der Waals surface area contributed by atoms with Crippen molar-refractivity contribution in [3.8, 4) is 17.1 Å². The predicted octanol–water partition coefficient (Wildman–Crippen LogP) is 1.96. The molecule has 1 aromatic carbocycles. The maximum Gasteiger partial charge on any atom is 0.168 e.